The topological polar surface area (TPSA) is 200 Å². The van der Waals surface area contributed by atoms with Crippen LogP contribution in [-0.2, 0) is 44.4 Å². The number of aryl methyl sites for hydroxylation is 2. The van der Waals surface area contributed by atoms with E-state index in [-0.39, 0.29) is 78.2 Å². The lowest BCUT2D eigenvalue weighted by molar-refractivity contribution is -0.138. The third-order valence-corrected chi connectivity index (χ3v) is 11.2. The Balaban J connectivity index is 1.32. The zero-order valence-corrected chi connectivity index (χ0v) is 39.7. The van der Waals surface area contributed by atoms with E-state index in [1.54, 1.807) is 13.8 Å². The number of nitrogens with one attached hydrogen (secondary N) is 4. The van der Waals surface area contributed by atoms with Gasteiger partial charge < -0.3 is 21.3 Å². The van der Waals surface area contributed by atoms with Crippen LogP contribution < -0.4 is 21.3 Å². The van der Waals surface area contributed by atoms with E-state index in [9.17, 15) is 55.1 Å². The Morgan fingerprint density at radius 1 is 0.514 bits per heavy atom. The lowest BCUT2D eigenvalue weighted by atomic mass is 10.0. The highest BCUT2D eigenvalue weighted by atomic mass is 35.5. The van der Waals surface area contributed by atoms with Crippen LogP contribution in [0.3, 0.4) is 0 Å². The van der Waals surface area contributed by atoms with E-state index in [4.69, 9.17) is 46.4 Å². The number of nitrogens with zero attached hydrogens (tertiary/aromatic N) is 4. The van der Waals surface area contributed by atoms with Crippen LogP contribution >= 0.6 is 46.4 Å². The third-order valence-electron chi connectivity index (χ3n) is 9.91. The lowest BCUT2D eigenvalue weighted by Crippen LogP contribution is -2.33. The van der Waals surface area contributed by atoms with E-state index in [0.717, 1.165) is 50.2 Å². The molecule has 0 aliphatic carbocycles. The lowest BCUT2D eigenvalue weighted by Gasteiger charge is -2.19. The van der Waals surface area contributed by atoms with Crippen molar-refractivity contribution < 1.29 is 55.1 Å². The van der Waals surface area contributed by atoms with Crippen molar-refractivity contribution in [3.63, 3.8) is 0 Å². The molecule has 70 heavy (non-hydrogen) atoms. The van der Waals surface area contributed by atoms with Crippen molar-refractivity contribution in [3.05, 3.63) is 138 Å². The fraction of sp³-hybridized carbons (Fsp3) is 0.217. The molecule has 5 rings (SSSR count). The maximum Gasteiger partial charge on any atom is 0.416 e. The summed E-state index contributed by atoms with van der Waals surface area (Å²) >= 11 is 24.6. The standard InChI is InChI=1S/C46H36Cl4F6N8O6/c1-5-23-15-29(57-43(69)38(21(3)65)63-61-36-17-25(7-11-32(36)49)41(67)58-34-19-27(45(51,52)53)9-13-30(34)47)16-24(6-2)40(23)60-44(70)39(22(4)66)64-62-37-18-26(8-12-33(37)50)42(68)59-35-20-28(46(54,55)56)10-14-31(35)48/h7-20,38-39H,5-6H2,1-4H3,(H,57,69)(H,58,67)(H,59,68)(H,60,70). The van der Waals surface area contributed by atoms with E-state index in [2.05, 4.69) is 41.7 Å². The van der Waals surface area contributed by atoms with Crippen LogP contribution in [0.15, 0.2) is 105 Å². The van der Waals surface area contributed by atoms with E-state index < -0.39 is 70.8 Å². The number of halogens is 10. The number of azo groups is 2. The van der Waals surface area contributed by atoms with Crippen LogP contribution in [0.2, 0.25) is 20.1 Å². The van der Waals surface area contributed by atoms with Gasteiger partial charge in [-0.2, -0.15) is 46.8 Å². The second-order valence-corrected chi connectivity index (χ2v) is 16.6. The molecular weight excluding hydrogens is 1020 g/mol. The predicted octanol–water partition coefficient (Wildman–Crippen LogP) is 13.3. The number of benzene rings is 5. The summed E-state index contributed by atoms with van der Waals surface area (Å²) in [4.78, 5) is 78.7. The first-order valence-corrected chi connectivity index (χ1v) is 21.9. The van der Waals surface area contributed by atoms with Crippen LogP contribution in [0, 0.1) is 0 Å². The molecule has 0 heterocycles. The first-order chi connectivity index (χ1) is 32.8. The number of hydrogen-bond donors (Lipinski definition) is 4. The molecule has 0 bridgehead atoms. The molecule has 2 unspecified atom stereocenters. The number of alkyl halides is 6. The SMILES string of the molecule is CCc1cc(NC(=O)C(N=Nc2cc(C(=O)Nc3cc(C(F)(F)F)ccc3Cl)ccc2Cl)C(C)=O)cc(CC)c1NC(=O)C(N=Nc1cc(C(=O)Nc2cc(C(F)(F)F)ccc2Cl)ccc1Cl)C(C)=O. The highest BCUT2D eigenvalue weighted by Gasteiger charge is 2.33. The molecule has 0 fully saturated rings. The monoisotopic (exact) mass is 1050 g/mol. The first kappa shape index (κ1) is 54.2. The summed E-state index contributed by atoms with van der Waals surface area (Å²) in [7, 11) is 0. The fourth-order valence-electron chi connectivity index (χ4n) is 6.28. The maximum atomic E-state index is 13.7. The highest BCUT2D eigenvalue weighted by molar-refractivity contribution is 6.35. The van der Waals surface area contributed by atoms with Crippen LogP contribution in [0.5, 0.6) is 0 Å². The van der Waals surface area contributed by atoms with Crippen molar-refractivity contribution in [1.29, 1.82) is 0 Å². The van der Waals surface area contributed by atoms with Crippen LogP contribution in [-0.4, -0.2) is 47.3 Å². The zero-order chi connectivity index (χ0) is 51.8. The van der Waals surface area contributed by atoms with Gasteiger partial charge in [0.05, 0.1) is 42.6 Å². The van der Waals surface area contributed by atoms with Gasteiger partial charge in [-0.15, -0.1) is 0 Å². The number of ketones is 2. The minimum absolute atomic E-state index is 0.0589. The maximum absolute atomic E-state index is 13.7. The van der Waals surface area contributed by atoms with Crippen molar-refractivity contribution in [2.45, 2.75) is 65.0 Å². The summed E-state index contributed by atoms with van der Waals surface area (Å²) in [5.41, 5.74) is -1.97. The van der Waals surface area contributed by atoms with Gasteiger partial charge >= 0.3 is 12.4 Å². The summed E-state index contributed by atoms with van der Waals surface area (Å²) in [5, 5.41) is 25.1. The molecule has 5 aromatic carbocycles. The van der Waals surface area contributed by atoms with Crippen LogP contribution in [0.1, 0.15) is 70.7 Å². The molecule has 0 saturated carbocycles. The van der Waals surface area contributed by atoms with Gasteiger partial charge in [0.1, 0.15) is 11.4 Å². The molecule has 5 aromatic rings. The number of Topliss-reactive ketones (excluding diaryl/α,β-unsaturated/α-hetero) is 2. The van der Waals surface area contributed by atoms with Crippen molar-refractivity contribution in [2.75, 3.05) is 21.3 Å². The second-order valence-electron chi connectivity index (χ2n) is 14.9. The summed E-state index contributed by atoms with van der Waals surface area (Å²) < 4.78 is 79.7. The molecule has 0 aliphatic heterocycles. The van der Waals surface area contributed by atoms with Gasteiger partial charge in [-0.05, 0) is 123 Å². The molecule has 4 amide bonds. The number of carbonyl (C=O) groups excluding carboxylic acids is 6. The van der Waals surface area contributed by atoms with Crippen molar-refractivity contribution in [2.24, 2.45) is 20.5 Å². The zero-order valence-electron chi connectivity index (χ0n) is 36.7. The first-order valence-electron chi connectivity index (χ1n) is 20.4. The largest absolute Gasteiger partial charge is 0.416 e. The molecule has 0 aliphatic rings. The van der Waals surface area contributed by atoms with Crippen molar-refractivity contribution >= 4 is 116 Å². The Morgan fingerprint density at radius 2 is 0.886 bits per heavy atom. The normalized spacial score (nSPS) is 12.7. The third kappa shape index (κ3) is 13.7. The van der Waals surface area contributed by atoms with Gasteiger partial charge in [-0.3, -0.25) is 28.8 Å². The molecule has 0 spiro atoms. The molecule has 0 aromatic heterocycles. The molecule has 0 saturated heterocycles. The molecule has 24 heteroatoms. The molecule has 0 radical (unpaired) electrons. The van der Waals surface area contributed by atoms with Crippen molar-refractivity contribution in [1.82, 2.24) is 0 Å². The summed E-state index contributed by atoms with van der Waals surface area (Å²) in [6.07, 6.45) is -8.88. The number of hydrogen-bond acceptors (Lipinski definition) is 10. The van der Waals surface area contributed by atoms with Gasteiger partial charge in [-0.25, -0.2) is 0 Å². The number of rotatable bonds is 16. The van der Waals surface area contributed by atoms with Crippen LogP contribution in [0.4, 0.5) is 60.5 Å². The Hall–Kier alpha value is -6.74. The summed E-state index contributed by atoms with van der Waals surface area (Å²) in [5.74, 6) is -5.12. The van der Waals surface area contributed by atoms with Gasteiger partial charge in [0.2, 0.25) is 12.1 Å². The quantitative estimate of drug-likeness (QED) is 0.0430. The summed E-state index contributed by atoms with van der Waals surface area (Å²) in [6, 6.07) is 11.5. The van der Waals surface area contributed by atoms with Gasteiger partial charge in [-0.1, -0.05) is 60.3 Å². The van der Waals surface area contributed by atoms with Crippen molar-refractivity contribution in [3.8, 4) is 0 Å². The Labute approximate surface area is 414 Å². The highest BCUT2D eigenvalue weighted by Crippen LogP contribution is 2.37. The summed E-state index contributed by atoms with van der Waals surface area (Å²) in [6.45, 7) is 5.64. The van der Waals surface area contributed by atoms with Gasteiger partial charge in [0.25, 0.3) is 23.6 Å². The van der Waals surface area contributed by atoms with E-state index >= 15 is 0 Å². The molecule has 4 N–H and O–H groups in total. The smallest absolute Gasteiger partial charge is 0.324 e. The minimum atomic E-state index is -4.71. The Morgan fingerprint density at radius 3 is 1.24 bits per heavy atom. The number of anilines is 4. The Bertz CT molecular complexity index is 2940. The van der Waals surface area contributed by atoms with E-state index in [1.807, 2.05) is 0 Å². The molecule has 14 nitrogen and oxygen atoms in total. The fourth-order valence-corrected chi connectivity index (χ4v) is 6.92. The Kier molecular flexibility index (Phi) is 17.6. The average molecular weight is 1050 g/mol. The van der Waals surface area contributed by atoms with Crippen LogP contribution in [0.25, 0.3) is 0 Å². The molecular formula is C46H36Cl4F6N8O6. The second kappa shape index (κ2) is 22.8. The minimum Gasteiger partial charge on any atom is -0.324 e. The van der Waals surface area contributed by atoms with E-state index in [1.165, 1.54) is 36.4 Å². The predicted molar refractivity (Wildman–Crippen MR) is 252 cm³/mol. The average Bonchev–Trinajstić information content (AvgIpc) is 3.28. The molecule has 366 valence electrons. The van der Waals surface area contributed by atoms with Gasteiger partial charge in [0.15, 0.2) is 11.6 Å². The van der Waals surface area contributed by atoms with E-state index in [0.29, 0.717) is 23.3 Å². The van der Waals surface area contributed by atoms with Gasteiger partial charge in [0, 0.05) is 22.5 Å². The number of amides is 4. The number of carbonyl (C=O) groups is 6. The molecule has 2 atom stereocenters.